The molecule has 10 heteroatoms. The molecule has 0 aliphatic rings. The van der Waals surface area contributed by atoms with Crippen LogP contribution < -0.4 is 14.4 Å². The van der Waals surface area contributed by atoms with Crippen molar-refractivity contribution in [1.82, 2.24) is 10.2 Å². The van der Waals surface area contributed by atoms with Crippen LogP contribution in [0.4, 0.5) is 5.69 Å². The Bertz CT molecular complexity index is 1420. The van der Waals surface area contributed by atoms with Crippen molar-refractivity contribution in [2.45, 2.75) is 51.0 Å². The molecule has 1 N–H and O–H groups in total. The van der Waals surface area contributed by atoms with Gasteiger partial charge in [-0.05, 0) is 62.6 Å². The number of rotatable bonds is 14. The lowest BCUT2D eigenvalue weighted by atomic mass is 10.1. The number of aryl methyl sites for hydroxylation is 1. The second-order valence-corrected chi connectivity index (χ2v) is 12.1. The zero-order valence-corrected chi connectivity index (χ0v) is 25.5. The third-order valence-corrected chi connectivity index (χ3v) is 8.79. The quantitative estimate of drug-likeness (QED) is 0.256. The number of halogens is 1. The minimum Gasteiger partial charge on any atom is -0.495 e. The van der Waals surface area contributed by atoms with Crippen molar-refractivity contribution in [2.24, 2.45) is 0 Å². The molecule has 0 saturated carbocycles. The minimum absolute atomic E-state index is 0.0131. The summed E-state index contributed by atoms with van der Waals surface area (Å²) >= 11 is 6.28. The van der Waals surface area contributed by atoms with Crippen molar-refractivity contribution in [2.75, 3.05) is 31.0 Å². The number of ether oxygens (including phenoxy) is 1. The van der Waals surface area contributed by atoms with E-state index in [0.717, 1.165) is 28.3 Å². The molecule has 0 bridgehead atoms. The first-order valence-electron chi connectivity index (χ1n) is 13.6. The first-order chi connectivity index (χ1) is 19.6. The Morgan fingerprint density at radius 1 is 1.02 bits per heavy atom. The predicted octanol–water partition coefficient (Wildman–Crippen LogP) is 5.23. The summed E-state index contributed by atoms with van der Waals surface area (Å²) in [6, 6.07) is 19.7. The molecule has 3 aromatic carbocycles. The number of hydrogen-bond acceptors (Lipinski definition) is 5. The van der Waals surface area contributed by atoms with Gasteiger partial charge in [0.15, 0.2) is 0 Å². The smallest absolute Gasteiger partial charge is 0.264 e. The lowest BCUT2D eigenvalue weighted by Crippen LogP contribution is -2.52. The van der Waals surface area contributed by atoms with Crippen molar-refractivity contribution in [1.29, 1.82) is 0 Å². The molecule has 1 unspecified atom stereocenters. The summed E-state index contributed by atoms with van der Waals surface area (Å²) in [6.07, 6.45) is 2.22. The lowest BCUT2D eigenvalue weighted by molar-refractivity contribution is -0.138. The normalized spacial score (nSPS) is 11.9. The molecule has 3 rings (SSSR count). The van der Waals surface area contributed by atoms with Crippen molar-refractivity contribution in [3.8, 4) is 5.75 Å². The third kappa shape index (κ3) is 8.47. The van der Waals surface area contributed by atoms with Gasteiger partial charge in [-0.25, -0.2) is 8.42 Å². The number of amides is 2. The lowest BCUT2D eigenvalue weighted by Gasteiger charge is -2.32. The molecule has 1 atom stereocenters. The molecule has 0 aromatic heterocycles. The summed E-state index contributed by atoms with van der Waals surface area (Å²) in [7, 11) is -2.82. The molecule has 0 aliphatic carbocycles. The molecule has 8 nitrogen and oxygen atoms in total. The second-order valence-electron chi connectivity index (χ2n) is 9.78. The van der Waals surface area contributed by atoms with Crippen LogP contribution in [0.1, 0.15) is 37.8 Å². The standard InChI is InChI=1S/C31H38ClN3O5S/c1-5-6-19-33-31(37)24(3)34(20-18-25-10-8-7-9-11-25)30(36)22-35(28-21-26(32)14-17-29(28)40-4)41(38,39)27-15-12-23(2)13-16-27/h7-17,21,24H,5-6,18-20,22H2,1-4H3,(H,33,37). The highest BCUT2D eigenvalue weighted by Gasteiger charge is 2.33. The Morgan fingerprint density at radius 3 is 2.34 bits per heavy atom. The molecule has 3 aromatic rings. The molecule has 41 heavy (non-hydrogen) atoms. The number of benzene rings is 3. The molecular formula is C31H38ClN3O5S. The first-order valence-corrected chi connectivity index (χ1v) is 15.4. The molecule has 0 fully saturated rings. The van der Waals surface area contributed by atoms with Crippen molar-refractivity contribution < 1.29 is 22.7 Å². The highest BCUT2D eigenvalue weighted by molar-refractivity contribution is 7.92. The Kier molecular flexibility index (Phi) is 11.6. The number of hydrogen-bond donors (Lipinski definition) is 1. The van der Waals surface area contributed by atoms with Gasteiger partial charge in [0, 0.05) is 18.1 Å². The van der Waals surface area contributed by atoms with Crippen LogP contribution in [0.2, 0.25) is 5.02 Å². The van der Waals surface area contributed by atoms with Gasteiger partial charge >= 0.3 is 0 Å². The zero-order chi connectivity index (χ0) is 30.0. The summed E-state index contributed by atoms with van der Waals surface area (Å²) in [5.74, 6) is -0.594. The van der Waals surface area contributed by atoms with E-state index >= 15 is 0 Å². The van der Waals surface area contributed by atoms with Crippen molar-refractivity contribution in [3.63, 3.8) is 0 Å². The summed E-state index contributed by atoms with van der Waals surface area (Å²) in [5.41, 5.74) is 2.00. The Labute approximate surface area is 248 Å². The van der Waals surface area contributed by atoms with Crippen LogP contribution in [0, 0.1) is 6.92 Å². The van der Waals surface area contributed by atoms with Gasteiger partial charge in [-0.2, -0.15) is 0 Å². The van der Waals surface area contributed by atoms with E-state index in [0.29, 0.717) is 13.0 Å². The average molecular weight is 600 g/mol. The van der Waals surface area contributed by atoms with E-state index in [1.807, 2.05) is 44.2 Å². The van der Waals surface area contributed by atoms with E-state index < -0.39 is 28.5 Å². The maximum atomic E-state index is 14.0. The molecule has 0 spiro atoms. The minimum atomic E-state index is -4.23. The van der Waals surface area contributed by atoms with Crippen LogP contribution in [0.25, 0.3) is 0 Å². The maximum absolute atomic E-state index is 14.0. The summed E-state index contributed by atoms with van der Waals surface area (Å²) in [4.78, 5) is 28.5. The summed E-state index contributed by atoms with van der Waals surface area (Å²) in [6.45, 7) is 5.69. The van der Waals surface area contributed by atoms with Gasteiger partial charge in [0.2, 0.25) is 11.8 Å². The highest BCUT2D eigenvalue weighted by atomic mass is 35.5. The van der Waals surface area contributed by atoms with E-state index in [9.17, 15) is 18.0 Å². The monoisotopic (exact) mass is 599 g/mol. The fourth-order valence-corrected chi connectivity index (χ4v) is 5.90. The number of nitrogens with one attached hydrogen (secondary N) is 1. The van der Waals surface area contributed by atoms with Crippen molar-refractivity contribution >= 4 is 39.1 Å². The number of methoxy groups -OCH3 is 1. The van der Waals surface area contributed by atoms with Gasteiger partial charge < -0.3 is 15.0 Å². The predicted molar refractivity (Wildman–Crippen MR) is 163 cm³/mol. The third-order valence-electron chi connectivity index (χ3n) is 6.78. The fraction of sp³-hybridized carbons (Fsp3) is 0.355. The van der Waals surface area contributed by atoms with Crippen LogP contribution in [0.3, 0.4) is 0 Å². The molecule has 0 aliphatic heterocycles. The second kappa shape index (κ2) is 14.9. The number of sulfonamides is 1. The van der Waals surface area contributed by atoms with Crippen LogP contribution in [0.5, 0.6) is 5.75 Å². The molecule has 0 radical (unpaired) electrons. The zero-order valence-electron chi connectivity index (χ0n) is 24.0. The van der Waals surface area contributed by atoms with E-state index in [1.165, 1.54) is 30.2 Å². The van der Waals surface area contributed by atoms with Gasteiger partial charge in [0.05, 0.1) is 17.7 Å². The summed E-state index contributed by atoms with van der Waals surface area (Å²) in [5, 5.41) is 3.17. The SMILES string of the molecule is CCCCNC(=O)C(C)N(CCc1ccccc1)C(=O)CN(c1cc(Cl)ccc1OC)S(=O)(=O)c1ccc(C)cc1. The van der Waals surface area contributed by atoms with Gasteiger partial charge in [-0.15, -0.1) is 0 Å². The number of carbonyl (C=O) groups is 2. The number of carbonyl (C=O) groups excluding carboxylic acids is 2. The maximum Gasteiger partial charge on any atom is 0.264 e. The van der Waals surface area contributed by atoms with E-state index in [4.69, 9.17) is 16.3 Å². The van der Waals surface area contributed by atoms with Crippen LogP contribution in [-0.2, 0) is 26.0 Å². The molecule has 0 saturated heterocycles. The van der Waals surface area contributed by atoms with E-state index in [-0.39, 0.29) is 33.8 Å². The topological polar surface area (TPSA) is 96.0 Å². The number of nitrogens with zero attached hydrogens (tertiary/aromatic N) is 2. The largest absolute Gasteiger partial charge is 0.495 e. The first kappa shape index (κ1) is 32.0. The molecular weight excluding hydrogens is 562 g/mol. The van der Waals surface area contributed by atoms with Crippen LogP contribution >= 0.6 is 11.6 Å². The van der Waals surface area contributed by atoms with E-state index in [2.05, 4.69) is 5.32 Å². The van der Waals surface area contributed by atoms with Crippen LogP contribution in [-0.4, -0.2) is 57.9 Å². The summed E-state index contributed by atoms with van der Waals surface area (Å²) < 4.78 is 34.5. The Balaban J connectivity index is 2.02. The molecule has 220 valence electrons. The number of unbranched alkanes of at least 4 members (excludes halogenated alkanes) is 1. The van der Waals surface area contributed by atoms with Crippen LogP contribution in [0.15, 0.2) is 77.7 Å². The van der Waals surface area contributed by atoms with Gasteiger partial charge in [-0.3, -0.25) is 13.9 Å². The fourth-order valence-electron chi connectivity index (χ4n) is 4.31. The average Bonchev–Trinajstić information content (AvgIpc) is 2.96. The molecule has 0 heterocycles. The highest BCUT2D eigenvalue weighted by Crippen LogP contribution is 2.35. The Morgan fingerprint density at radius 2 is 1.71 bits per heavy atom. The van der Waals surface area contributed by atoms with Gasteiger partial charge in [-0.1, -0.05) is 73.0 Å². The van der Waals surface area contributed by atoms with E-state index in [1.54, 1.807) is 31.2 Å². The van der Waals surface area contributed by atoms with Crippen molar-refractivity contribution in [3.05, 3.63) is 88.9 Å². The van der Waals surface area contributed by atoms with Gasteiger partial charge in [0.25, 0.3) is 10.0 Å². The molecule has 2 amide bonds. The van der Waals surface area contributed by atoms with Gasteiger partial charge in [0.1, 0.15) is 18.3 Å². The number of anilines is 1. The Hall–Kier alpha value is -3.56.